The van der Waals surface area contributed by atoms with E-state index < -0.39 is 5.97 Å². The van der Waals surface area contributed by atoms with E-state index in [2.05, 4.69) is 11.8 Å². The molecule has 0 aliphatic rings. The third-order valence-electron chi connectivity index (χ3n) is 5.87. The maximum atomic E-state index is 11.4. The van der Waals surface area contributed by atoms with Crippen molar-refractivity contribution in [1.29, 1.82) is 0 Å². The lowest BCUT2D eigenvalue weighted by Gasteiger charge is -2.26. The van der Waals surface area contributed by atoms with Crippen molar-refractivity contribution in [2.24, 2.45) is 0 Å². The molecule has 0 spiro atoms. The van der Waals surface area contributed by atoms with Gasteiger partial charge < -0.3 is 5.11 Å². The number of aliphatic carboxylic acids is 1. The van der Waals surface area contributed by atoms with Gasteiger partial charge in [0.15, 0.2) is 0 Å². The minimum absolute atomic E-state index is 0.286. The molecule has 1 N–H and O–H groups in total. The van der Waals surface area contributed by atoms with Crippen LogP contribution >= 0.6 is 0 Å². The van der Waals surface area contributed by atoms with Crippen molar-refractivity contribution < 1.29 is 9.90 Å². The molecule has 1 unspecified atom stereocenters. The van der Waals surface area contributed by atoms with Crippen LogP contribution in [0.1, 0.15) is 130 Å². The molecule has 0 radical (unpaired) electrons. The number of nitrogens with zero attached hydrogens (tertiary/aromatic N) is 1. The molecule has 0 amide bonds. The highest BCUT2D eigenvalue weighted by atomic mass is 16.4. The van der Waals surface area contributed by atoms with Crippen molar-refractivity contribution in [3.8, 4) is 0 Å². The van der Waals surface area contributed by atoms with Gasteiger partial charge in [-0.25, -0.2) is 0 Å². The summed E-state index contributed by atoms with van der Waals surface area (Å²) < 4.78 is 0. The van der Waals surface area contributed by atoms with Gasteiger partial charge in [-0.15, -0.1) is 0 Å². The summed E-state index contributed by atoms with van der Waals surface area (Å²) in [7, 11) is 0. The number of hydrogen-bond acceptors (Lipinski definition) is 2. The van der Waals surface area contributed by atoms with Crippen LogP contribution in [-0.4, -0.2) is 35.1 Å². The van der Waals surface area contributed by atoms with Crippen LogP contribution in [0.15, 0.2) is 0 Å². The van der Waals surface area contributed by atoms with E-state index >= 15 is 0 Å². The largest absolute Gasteiger partial charge is 0.480 e. The Morgan fingerprint density at radius 3 is 1.26 bits per heavy atom. The van der Waals surface area contributed by atoms with Crippen LogP contribution in [0, 0.1) is 0 Å². The Balaban J connectivity index is 3.36. The van der Waals surface area contributed by atoms with Crippen molar-refractivity contribution >= 4 is 5.97 Å². The van der Waals surface area contributed by atoms with Gasteiger partial charge in [0, 0.05) is 0 Å². The summed E-state index contributed by atoms with van der Waals surface area (Å²) in [6.45, 7) is 8.03. The highest BCUT2D eigenvalue weighted by molar-refractivity contribution is 5.73. The smallest absolute Gasteiger partial charge is 0.320 e. The van der Waals surface area contributed by atoms with Crippen LogP contribution < -0.4 is 0 Å². The van der Waals surface area contributed by atoms with E-state index in [4.69, 9.17) is 0 Å². The van der Waals surface area contributed by atoms with Gasteiger partial charge in [0.25, 0.3) is 0 Å². The Bertz CT molecular complexity index is 316. The minimum atomic E-state index is -0.653. The second-order valence-electron chi connectivity index (χ2n) is 8.17. The molecule has 0 aliphatic heterocycles. The molecule has 0 aromatic carbocycles. The molecule has 162 valence electrons. The molecule has 3 heteroatoms. The fraction of sp³-hybridized carbons (Fsp3) is 0.958. The number of carboxylic acid groups (broad SMARTS) is 1. The number of hydrogen-bond donors (Lipinski definition) is 1. The van der Waals surface area contributed by atoms with Crippen molar-refractivity contribution in [2.75, 3.05) is 13.1 Å². The lowest BCUT2D eigenvalue weighted by atomic mass is 10.0. The summed E-state index contributed by atoms with van der Waals surface area (Å²) in [5.74, 6) is -0.653. The standard InChI is InChI=1S/C24H49NO2/c1-4-7-8-9-10-11-12-13-14-15-16-17-18-19-20-21-22-23(24(26)27)25(5-2)6-3/h23H,4-22H2,1-3H3,(H,26,27). The molecule has 0 saturated carbocycles. The van der Waals surface area contributed by atoms with Gasteiger partial charge in [0.05, 0.1) is 0 Å². The predicted molar refractivity (Wildman–Crippen MR) is 119 cm³/mol. The highest BCUT2D eigenvalue weighted by Gasteiger charge is 2.22. The molecular weight excluding hydrogens is 334 g/mol. The Morgan fingerprint density at radius 1 is 0.630 bits per heavy atom. The normalized spacial score (nSPS) is 12.6. The fourth-order valence-electron chi connectivity index (χ4n) is 4.01. The number of unbranched alkanes of at least 4 members (excludes halogenated alkanes) is 15. The lowest BCUT2D eigenvalue weighted by Crippen LogP contribution is -2.40. The fourth-order valence-corrected chi connectivity index (χ4v) is 4.01. The Morgan fingerprint density at radius 2 is 0.963 bits per heavy atom. The van der Waals surface area contributed by atoms with E-state index in [1.807, 2.05) is 13.8 Å². The lowest BCUT2D eigenvalue weighted by molar-refractivity contribution is -0.143. The number of likely N-dealkylation sites (N-methyl/N-ethyl adjacent to an activating group) is 1. The van der Waals surface area contributed by atoms with Crippen molar-refractivity contribution in [2.45, 2.75) is 136 Å². The van der Waals surface area contributed by atoms with Gasteiger partial charge in [-0.05, 0) is 19.5 Å². The van der Waals surface area contributed by atoms with Crippen molar-refractivity contribution in [1.82, 2.24) is 4.90 Å². The molecule has 3 nitrogen and oxygen atoms in total. The summed E-state index contributed by atoms with van der Waals surface area (Å²) in [6, 6.07) is -0.286. The molecule has 1 atom stereocenters. The molecule has 0 bridgehead atoms. The SMILES string of the molecule is CCCCCCCCCCCCCCCCCCC(C(=O)O)N(CC)CC. The van der Waals surface area contributed by atoms with Gasteiger partial charge in [-0.2, -0.15) is 0 Å². The molecule has 0 aliphatic carbocycles. The van der Waals surface area contributed by atoms with E-state index in [1.165, 1.54) is 96.3 Å². The topological polar surface area (TPSA) is 40.5 Å². The molecule has 0 heterocycles. The Labute approximate surface area is 170 Å². The van der Waals surface area contributed by atoms with Gasteiger partial charge in [-0.3, -0.25) is 9.69 Å². The number of rotatable bonds is 21. The second-order valence-corrected chi connectivity index (χ2v) is 8.17. The average Bonchev–Trinajstić information content (AvgIpc) is 2.66. The summed E-state index contributed by atoms with van der Waals surface area (Å²) in [4.78, 5) is 13.5. The Hall–Kier alpha value is -0.570. The van der Waals surface area contributed by atoms with Crippen LogP contribution in [-0.2, 0) is 4.79 Å². The molecule has 0 saturated heterocycles. The first kappa shape index (κ1) is 26.4. The van der Waals surface area contributed by atoms with E-state index in [0.717, 1.165) is 25.9 Å². The summed E-state index contributed by atoms with van der Waals surface area (Å²) in [5.41, 5.74) is 0. The third kappa shape index (κ3) is 16.1. The van der Waals surface area contributed by atoms with Gasteiger partial charge in [0.2, 0.25) is 0 Å². The van der Waals surface area contributed by atoms with E-state index in [9.17, 15) is 9.90 Å². The van der Waals surface area contributed by atoms with Crippen LogP contribution in [0.2, 0.25) is 0 Å². The first-order valence-electron chi connectivity index (χ1n) is 12.1. The second kappa shape index (κ2) is 20.2. The zero-order chi connectivity index (χ0) is 20.2. The van der Waals surface area contributed by atoms with Gasteiger partial charge in [-0.1, -0.05) is 124 Å². The number of carboxylic acids is 1. The highest BCUT2D eigenvalue weighted by Crippen LogP contribution is 2.15. The third-order valence-corrected chi connectivity index (χ3v) is 5.87. The molecule has 0 fully saturated rings. The first-order chi connectivity index (χ1) is 13.2. The van der Waals surface area contributed by atoms with E-state index in [-0.39, 0.29) is 6.04 Å². The zero-order valence-electron chi connectivity index (χ0n) is 18.8. The van der Waals surface area contributed by atoms with Gasteiger partial charge >= 0.3 is 5.97 Å². The van der Waals surface area contributed by atoms with Crippen LogP contribution in [0.25, 0.3) is 0 Å². The molecule has 0 rings (SSSR count). The molecular formula is C24H49NO2. The minimum Gasteiger partial charge on any atom is -0.480 e. The van der Waals surface area contributed by atoms with Crippen molar-refractivity contribution in [3.05, 3.63) is 0 Å². The zero-order valence-corrected chi connectivity index (χ0v) is 18.8. The number of carbonyl (C=O) groups is 1. The average molecular weight is 384 g/mol. The monoisotopic (exact) mass is 383 g/mol. The predicted octanol–water partition coefficient (Wildman–Crippen LogP) is 7.43. The molecule has 0 aromatic heterocycles. The summed E-state index contributed by atoms with van der Waals surface area (Å²) in [6.07, 6.45) is 22.5. The van der Waals surface area contributed by atoms with Crippen LogP contribution in [0.3, 0.4) is 0 Å². The van der Waals surface area contributed by atoms with Crippen LogP contribution in [0.4, 0.5) is 0 Å². The molecule has 27 heavy (non-hydrogen) atoms. The van der Waals surface area contributed by atoms with E-state index in [1.54, 1.807) is 0 Å². The summed E-state index contributed by atoms with van der Waals surface area (Å²) in [5, 5.41) is 9.39. The summed E-state index contributed by atoms with van der Waals surface area (Å²) >= 11 is 0. The maximum Gasteiger partial charge on any atom is 0.320 e. The first-order valence-corrected chi connectivity index (χ1v) is 12.1. The Kier molecular flexibility index (Phi) is 19.7. The van der Waals surface area contributed by atoms with E-state index in [0.29, 0.717) is 0 Å². The van der Waals surface area contributed by atoms with Gasteiger partial charge in [0.1, 0.15) is 6.04 Å². The van der Waals surface area contributed by atoms with Crippen molar-refractivity contribution in [3.63, 3.8) is 0 Å². The van der Waals surface area contributed by atoms with Crippen LogP contribution in [0.5, 0.6) is 0 Å². The maximum absolute atomic E-state index is 11.4. The quantitative estimate of drug-likeness (QED) is 0.209. The molecule has 0 aromatic rings.